The van der Waals surface area contributed by atoms with E-state index in [1.54, 1.807) is 0 Å². The van der Waals surface area contributed by atoms with Crippen molar-refractivity contribution in [3.05, 3.63) is 120 Å². The Morgan fingerprint density at radius 3 is 1.82 bits per heavy atom. The molecule has 242 valence electrons. The Kier molecular flexibility index (Phi) is 12.0. The van der Waals surface area contributed by atoms with Gasteiger partial charge >= 0.3 is 0 Å². The minimum Gasteiger partial charge on any atom is -0.374 e. The highest BCUT2D eigenvalue weighted by Crippen LogP contribution is 2.36. The van der Waals surface area contributed by atoms with E-state index < -0.39 is 5.79 Å². The van der Waals surface area contributed by atoms with Gasteiger partial charge in [0.1, 0.15) is 12.2 Å². The zero-order chi connectivity index (χ0) is 31.6. The monoisotopic (exact) mass is 614 g/mol. The summed E-state index contributed by atoms with van der Waals surface area (Å²) in [4.78, 5) is 0. The van der Waals surface area contributed by atoms with E-state index in [1.807, 2.05) is 68.4 Å². The van der Waals surface area contributed by atoms with Gasteiger partial charge in [-0.2, -0.15) is 0 Å². The van der Waals surface area contributed by atoms with Gasteiger partial charge in [-0.25, -0.2) is 0 Å². The number of rotatable bonds is 14. The van der Waals surface area contributed by atoms with Crippen LogP contribution in [0.15, 0.2) is 103 Å². The second-order valence-electron chi connectivity index (χ2n) is 12.8. The second-order valence-corrected chi connectivity index (χ2v) is 12.8. The molecule has 0 aromatic heterocycles. The van der Waals surface area contributed by atoms with Gasteiger partial charge in [-0.1, -0.05) is 124 Å². The number of hydrogen-bond acceptors (Lipinski definition) is 6. The predicted molar refractivity (Wildman–Crippen MR) is 176 cm³/mol. The van der Waals surface area contributed by atoms with Gasteiger partial charge in [0.25, 0.3) is 0 Å². The Balaban J connectivity index is 1.38. The van der Waals surface area contributed by atoms with Crippen molar-refractivity contribution in [2.75, 3.05) is 6.61 Å². The van der Waals surface area contributed by atoms with E-state index in [1.165, 1.54) is 0 Å². The first kappa shape index (κ1) is 33.5. The minimum atomic E-state index is -0.594. The molecule has 45 heavy (non-hydrogen) atoms. The van der Waals surface area contributed by atoms with Crippen LogP contribution < -0.4 is 0 Å². The molecule has 5 rings (SSSR count). The average Bonchev–Trinajstić information content (AvgIpc) is 3.39. The Morgan fingerprint density at radius 1 is 0.733 bits per heavy atom. The molecule has 5 unspecified atom stereocenters. The van der Waals surface area contributed by atoms with Gasteiger partial charge < -0.3 is 28.4 Å². The van der Waals surface area contributed by atoms with Crippen LogP contribution in [0.3, 0.4) is 0 Å². The maximum absolute atomic E-state index is 6.84. The summed E-state index contributed by atoms with van der Waals surface area (Å²) in [6.45, 7) is 12.4. The first-order chi connectivity index (χ1) is 21.8. The van der Waals surface area contributed by atoms with Gasteiger partial charge in [-0.05, 0) is 37.0 Å². The van der Waals surface area contributed by atoms with Crippen LogP contribution in [0.5, 0.6) is 0 Å². The maximum Gasteiger partial charge on any atom is 0.163 e. The number of hydrogen-bond donors (Lipinski definition) is 0. The Hall–Kier alpha value is -2.84. The fourth-order valence-corrected chi connectivity index (χ4v) is 6.30. The van der Waals surface area contributed by atoms with Gasteiger partial charge in [-0.15, -0.1) is 0 Å². The van der Waals surface area contributed by atoms with E-state index in [0.29, 0.717) is 26.4 Å². The average molecular weight is 615 g/mol. The van der Waals surface area contributed by atoms with Crippen molar-refractivity contribution < 1.29 is 28.4 Å². The smallest absolute Gasteiger partial charge is 0.163 e. The molecule has 0 radical (unpaired) electrons. The lowest BCUT2D eigenvalue weighted by molar-refractivity contribution is -0.228. The Bertz CT molecular complexity index is 1300. The molecule has 2 heterocycles. The zero-order valence-corrected chi connectivity index (χ0v) is 27.4. The van der Waals surface area contributed by atoms with E-state index in [9.17, 15) is 0 Å². The Labute approximate surface area is 269 Å². The summed E-state index contributed by atoms with van der Waals surface area (Å²) in [5, 5.41) is 0. The van der Waals surface area contributed by atoms with Crippen LogP contribution in [0.4, 0.5) is 0 Å². The van der Waals surface area contributed by atoms with Crippen molar-refractivity contribution in [3.63, 3.8) is 0 Å². The molecular formula is C39H50O6. The molecule has 0 bridgehead atoms. The van der Waals surface area contributed by atoms with Gasteiger partial charge in [0.2, 0.25) is 0 Å². The predicted octanol–water partition coefficient (Wildman–Crippen LogP) is 7.90. The summed E-state index contributed by atoms with van der Waals surface area (Å²) in [6, 6.07) is 30.8. The lowest BCUT2D eigenvalue weighted by Crippen LogP contribution is -2.56. The number of ether oxygens (including phenoxy) is 6. The normalized spacial score (nSPS) is 28.8. The molecule has 6 heteroatoms. The van der Waals surface area contributed by atoms with Crippen molar-refractivity contribution in [1.29, 1.82) is 0 Å². The third-order valence-corrected chi connectivity index (χ3v) is 8.79. The first-order valence-corrected chi connectivity index (χ1v) is 16.4. The lowest BCUT2D eigenvalue weighted by Gasteiger charge is -2.45. The van der Waals surface area contributed by atoms with E-state index >= 15 is 0 Å². The molecular weight excluding hydrogens is 564 g/mol. The zero-order valence-electron chi connectivity index (χ0n) is 27.4. The molecule has 0 amide bonds. The molecule has 2 saturated heterocycles. The molecule has 0 N–H and O–H groups in total. The summed E-state index contributed by atoms with van der Waals surface area (Å²) in [5.74, 6) is -0.446. The molecule has 3 aromatic rings. The van der Waals surface area contributed by atoms with Crippen LogP contribution in [0.2, 0.25) is 0 Å². The van der Waals surface area contributed by atoms with Crippen LogP contribution >= 0.6 is 0 Å². The highest BCUT2D eigenvalue weighted by Gasteiger charge is 2.45. The van der Waals surface area contributed by atoms with Crippen molar-refractivity contribution >= 4 is 0 Å². The van der Waals surface area contributed by atoms with Crippen molar-refractivity contribution in [2.45, 2.75) is 103 Å². The molecule has 2 aliphatic heterocycles. The van der Waals surface area contributed by atoms with E-state index in [2.05, 4.69) is 69.3 Å². The van der Waals surface area contributed by atoms with Crippen LogP contribution in [-0.4, -0.2) is 49.0 Å². The first-order valence-electron chi connectivity index (χ1n) is 16.4. The van der Waals surface area contributed by atoms with Crippen molar-refractivity contribution in [3.8, 4) is 0 Å². The molecule has 3 aromatic carbocycles. The molecule has 0 saturated carbocycles. The van der Waals surface area contributed by atoms with E-state index in [-0.39, 0.29) is 48.5 Å². The summed E-state index contributed by atoms with van der Waals surface area (Å²) < 4.78 is 39.0. The molecule has 8 atom stereocenters. The summed E-state index contributed by atoms with van der Waals surface area (Å²) in [7, 11) is 0. The van der Waals surface area contributed by atoms with Gasteiger partial charge in [-0.3, -0.25) is 0 Å². The standard InChI is InChI=1S/C39H50O6/c1-6-33-36(45-39(4,5)44-33)28(2)22-23-34-38(42-26-32-20-14-9-15-21-32)37(41-25-31-18-12-8-13-19-31)29(3)35(43-34)27-40-24-30-16-10-7-11-17-30/h7-23,28-29,33-38H,6,24-27H2,1-5H3/t28-,29?,33+,34?,35?,36-,37?,38?/m0/s1. The largest absolute Gasteiger partial charge is 0.374 e. The molecule has 0 spiro atoms. The van der Waals surface area contributed by atoms with Crippen LogP contribution in [0, 0.1) is 11.8 Å². The second kappa shape index (κ2) is 16.1. The highest BCUT2D eigenvalue weighted by atomic mass is 16.8. The molecule has 2 fully saturated rings. The Morgan fingerprint density at radius 2 is 1.27 bits per heavy atom. The molecule has 6 nitrogen and oxygen atoms in total. The fourth-order valence-electron chi connectivity index (χ4n) is 6.30. The molecule has 0 aliphatic carbocycles. The SMILES string of the molecule is CC[C@H]1OC(C)(C)O[C@H]1[C@@H](C)C=CC1OC(COCc2ccccc2)C(C)C(OCc2ccccc2)C1OCc1ccccc1. The minimum absolute atomic E-state index is 0.0316. The van der Waals surface area contributed by atoms with Gasteiger partial charge in [0.15, 0.2) is 5.79 Å². The summed E-state index contributed by atoms with van der Waals surface area (Å²) in [6.07, 6.45) is 4.19. The highest BCUT2D eigenvalue weighted by molar-refractivity contribution is 5.16. The third kappa shape index (κ3) is 9.35. The fraction of sp³-hybridized carbons (Fsp3) is 0.487. The van der Waals surface area contributed by atoms with Gasteiger partial charge in [0, 0.05) is 11.8 Å². The number of benzene rings is 3. The van der Waals surface area contributed by atoms with Crippen LogP contribution in [-0.2, 0) is 48.2 Å². The van der Waals surface area contributed by atoms with Gasteiger partial charge in [0.05, 0.1) is 50.8 Å². The van der Waals surface area contributed by atoms with E-state index in [4.69, 9.17) is 28.4 Å². The topological polar surface area (TPSA) is 55.4 Å². The lowest BCUT2D eigenvalue weighted by atomic mass is 9.87. The summed E-state index contributed by atoms with van der Waals surface area (Å²) in [5.41, 5.74) is 3.38. The quantitative estimate of drug-likeness (QED) is 0.172. The molecule has 2 aliphatic rings. The summed E-state index contributed by atoms with van der Waals surface area (Å²) >= 11 is 0. The maximum atomic E-state index is 6.84. The van der Waals surface area contributed by atoms with Crippen LogP contribution in [0.1, 0.15) is 57.7 Å². The van der Waals surface area contributed by atoms with Crippen molar-refractivity contribution in [1.82, 2.24) is 0 Å². The van der Waals surface area contributed by atoms with E-state index in [0.717, 1.165) is 23.1 Å². The van der Waals surface area contributed by atoms with Crippen LogP contribution in [0.25, 0.3) is 0 Å². The van der Waals surface area contributed by atoms with Crippen molar-refractivity contribution in [2.24, 2.45) is 11.8 Å². The third-order valence-electron chi connectivity index (χ3n) is 8.79.